The quantitative estimate of drug-likeness (QED) is 0.210. The van der Waals surface area contributed by atoms with Crippen molar-refractivity contribution in [3.63, 3.8) is 0 Å². The molecular formula is C37H53N5O6S. The molecule has 12 heteroatoms. The molecule has 4 rings (SSSR count). The van der Waals surface area contributed by atoms with Crippen molar-refractivity contribution in [2.24, 2.45) is 17.8 Å². The Balaban J connectivity index is 1.50. The van der Waals surface area contributed by atoms with E-state index in [-0.39, 0.29) is 59.7 Å². The molecule has 11 nitrogen and oxygen atoms in total. The van der Waals surface area contributed by atoms with E-state index in [1.54, 1.807) is 5.38 Å². The first-order valence-corrected chi connectivity index (χ1v) is 18.5. The van der Waals surface area contributed by atoms with Gasteiger partial charge in [-0.05, 0) is 56.7 Å². The van der Waals surface area contributed by atoms with Gasteiger partial charge in [0, 0.05) is 36.7 Å². The average Bonchev–Trinajstić information content (AvgIpc) is 3.67. The number of carbonyl (C=O) groups is 5. The molecular weight excluding hydrogens is 643 g/mol. The normalized spacial score (nSPS) is 22.3. The van der Waals surface area contributed by atoms with Gasteiger partial charge in [0.1, 0.15) is 16.7 Å². The number of aromatic nitrogens is 1. The van der Waals surface area contributed by atoms with Crippen LogP contribution < -0.4 is 10.6 Å². The molecule has 0 saturated carbocycles. The second-order valence-electron chi connectivity index (χ2n) is 14.1. The number of ether oxygens (including phenoxy) is 1. The van der Waals surface area contributed by atoms with Crippen LogP contribution in [0.2, 0.25) is 0 Å². The van der Waals surface area contributed by atoms with Crippen LogP contribution in [0.25, 0.3) is 0 Å². The Morgan fingerprint density at radius 2 is 1.80 bits per heavy atom. The molecule has 2 aromatic rings. The van der Waals surface area contributed by atoms with Crippen LogP contribution in [0.4, 0.5) is 0 Å². The number of hydrogen-bond acceptors (Lipinski definition) is 9. The highest BCUT2D eigenvalue weighted by Crippen LogP contribution is 2.32. The van der Waals surface area contributed by atoms with Crippen molar-refractivity contribution < 1.29 is 28.7 Å². The summed E-state index contributed by atoms with van der Waals surface area (Å²) in [5, 5.41) is 8.18. The first kappa shape index (κ1) is 38.2. The molecule has 3 heterocycles. The van der Waals surface area contributed by atoms with Crippen LogP contribution in [-0.4, -0.2) is 82.1 Å². The van der Waals surface area contributed by atoms with Gasteiger partial charge in [-0.25, -0.2) is 4.98 Å². The Kier molecular flexibility index (Phi) is 13.5. The molecule has 1 aromatic carbocycles. The van der Waals surface area contributed by atoms with Gasteiger partial charge in [0.25, 0.3) is 5.91 Å². The number of thiazole rings is 1. The molecule has 2 aliphatic rings. The van der Waals surface area contributed by atoms with Gasteiger partial charge in [0.15, 0.2) is 6.10 Å². The molecule has 268 valence electrons. The summed E-state index contributed by atoms with van der Waals surface area (Å²) in [4.78, 5) is 74.3. The molecule has 7 atom stereocenters. The third kappa shape index (κ3) is 9.75. The number of esters is 1. The van der Waals surface area contributed by atoms with Gasteiger partial charge in [-0.2, -0.15) is 0 Å². The number of likely N-dealkylation sites (N-methyl/N-ethyl adjacent to an activating group) is 1. The molecule has 2 saturated heterocycles. The second kappa shape index (κ2) is 17.3. The van der Waals surface area contributed by atoms with Crippen LogP contribution in [0.15, 0.2) is 35.7 Å². The highest BCUT2D eigenvalue weighted by Gasteiger charge is 2.42. The number of piperidine rings is 1. The van der Waals surface area contributed by atoms with E-state index in [0.29, 0.717) is 24.3 Å². The van der Waals surface area contributed by atoms with E-state index in [2.05, 4.69) is 15.6 Å². The largest absolute Gasteiger partial charge is 0.455 e. The zero-order valence-electron chi connectivity index (χ0n) is 29.9. The number of likely N-dealkylation sites (tertiary alicyclic amines) is 2. The maximum Gasteiger partial charge on any atom is 0.303 e. The maximum absolute atomic E-state index is 13.8. The van der Waals surface area contributed by atoms with Crippen molar-refractivity contribution in [2.45, 2.75) is 117 Å². The Labute approximate surface area is 294 Å². The first-order valence-electron chi connectivity index (χ1n) is 17.7. The summed E-state index contributed by atoms with van der Waals surface area (Å²) in [6, 6.07) is 8.06. The Morgan fingerprint density at radius 3 is 2.43 bits per heavy atom. The Morgan fingerprint density at radius 1 is 1.08 bits per heavy atom. The van der Waals surface area contributed by atoms with Crippen molar-refractivity contribution in [1.29, 1.82) is 0 Å². The standard InChI is InChI=1S/C37H53N5O6S/c1-8-23(4)32(40-33(44)30-16-12-13-17-41(30)7)34(45)38-28(22(2)3)20-31(48-25(6)43)35-39-29(21-49-35)37(47)42-27(18-24(5)36(42)46)19-26-14-10-9-11-15-26/h9-11,14-15,21-24,27-28,30-32H,8,12-13,16-20H2,1-7H3,(H,38,45)(H,40,44). The van der Waals surface area contributed by atoms with Crippen molar-refractivity contribution in [3.05, 3.63) is 52.0 Å². The zero-order chi connectivity index (χ0) is 35.8. The second-order valence-corrected chi connectivity index (χ2v) is 15.0. The molecule has 0 bridgehead atoms. The van der Waals surface area contributed by atoms with Gasteiger partial charge in [-0.15, -0.1) is 11.3 Å². The van der Waals surface area contributed by atoms with Crippen molar-refractivity contribution in [3.8, 4) is 0 Å². The number of imide groups is 1. The molecule has 7 unspecified atom stereocenters. The topological polar surface area (TPSA) is 138 Å². The molecule has 2 aliphatic heterocycles. The third-order valence-corrected chi connectivity index (χ3v) is 10.9. The third-order valence-electron chi connectivity index (χ3n) is 9.97. The number of nitrogens with one attached hydrogen (secondary N) is 2. The summed E-state index contributed by atoms with van der Waals surface area (Å²) in [6.07, 6.45) is 3.98. The number of amides is 4. The molecule has 0 spiro atoms. The fraction of sp³-hybridized carbons (Fsp3) is 0.622. The number of hydrogen-bond donors (Lipinski definition) is 2. The minimum atomic E-state index is -0.836. The van der Waals surface area contributed by atoms with E-state index in [9.17, 15) is 24.0 Å². The monoisotopic (exact) mass is 695 g/mol. The summed E-state index contributed by atoms with van der Waals surface area (Å²) in [5.74, 6) is -2.09. The highest BCUT2D eigenvalue weighted by atomic mass is 32.1. The van der Waals surface area contributed by atoms with Crippen molar-refractivity contribution in [1.82, 2.24) is 25.4 Å². The summed E-state index contributed by atoms with van der Waals surface area (Å²) in [6.45, 7) is 11.9. The Hall–Kier alpha value is -3.64. The van der Waals surface area contributed by atoms with E-state index in [4.69, 9.17) is 4.74 Å². The van der Waals surface area contributed by atoms with Gasteiger partial charge in [0.2, 0.25) is 17.7 Å². The summed E-state index contributed by atoms with van der Waals surface area (Å²) >= 11 is 1.18. The summed E-state index contributed by atoms with van der Waals surface area (Å²) < 4.78 is 5.73. The lowest BCUT2D eigenvalue weighted by atomic mass is 9.94. The van der Waals surface area contributed by atoms with E-state index in [1.165, 1.54) is 23.2 Å². The van der Waals surface area contributed by atoms with E-state index in [0.717, 1.165) is 31.4 Å². The number of benzene rings is 1. The highest BCUT2D eigenvalue weighted by molar-refractivity contribution is 7.09. The fourth-order valence-corrected chi connectivity index (χ4v) is 7.61. The number of nitrogens with zero attached hydrogens (tertiary/aromatic N) is 3. The van der Waals surface area contributed by atoms with Gasteiger partial charge in [0.05, 0.1) is 6.04 Å². The minimum absolute atomic E-state index is 0.0525. The minimum Gasteiger partial charge on any atom is -0.455 e. The van der Waals surface area contributed by atoms with E-state index in [1.807, 2.05) is 76.9 Å². The van der Waals surface area contributed by atoms with E-state index >= 15 is 0 Å². The van der Waals surface area contributed by atoms with Crippen molar-refractivity contribution in [2.75, 3.05) is 13.6 Å². The lowest BCUT2D eigenvalue weighted by Crippen LogP contribution is -2.57. The predicted molar refractivity (Wildman–Crippen MR) is 189 cm³/mol. The van der Waals surface area contributed by atoms with Crippen LogP contribution in [-0.2, 0) is 30.3 Å². The lowest BCUT2D eigenvalue weighted by Gasteiger charge is -2.34. The molecule has 1 aromatic heterocycles. The van der Waals surface area contributed by atoms with Crippen LogP contribution in [0, 0.1) is 17.8 Å². The van der Waals surface area contributed by atoms with Gasteiger partial charge >= 0.3 is 5.97 Å². The average molecular weight is 696 g/mol. The molecule has 2 fully saturated rings. The van der Waals surface area contributed by atoms with Gasteiger partial charge in [-0.1, -0.05) is 77.8 Å². The fourth-order valence-electron chi connectivity index (χ4n) is 6.77. The zero-order valence-corrected chi connectivity index (χ0v) is 30.8. The van der Waals surface area contributed by atoms with Crippen LogP contribution in [0.5, 0.6) is 0 Å². The number of carbonyl (C=O) groups excluding carboxylic acids is 5. The molecule has 4 amide bonds. The molecule has 0 radical (unpaired) electrons. The van der Waals surface area contributed by atoms with E-state index < -0.39 is 30.1 Å². The van der Waals surface area contributed by atoms with Crippen LogP contribution >= 0.6 is 11.3 Å². The summed E-state index contributed by atoms with van der Waals surface area (Å²) in [5.41, 5.74) is 1.16. The van der Waals surface area contributed by atoms with Gasteiger partial charge < -0.3 is 15.4 Å². The van der Waals surface area contributed by atoms with Crippen LogP contribution in [0.3, 0.4) is 0 Å². The first-order chi connectivity index (χ1) is 23.3. The van der Waals surface area contributed by atoms with Crippen molar-refractivity contribution >= 4 is 40.9 Å². The predicted octanol–water partition coefficient (Wildman–Crippen LogP) is 4.91. The number of rotatable bonds is 14. The molecule has 2 N–H and O–H groups in total. The summed E-state index contributed by atoms with van der Waals surface area (Å²) in [7, 11) is 1.94. The molecule has 0 aliphatic carbocycles. The lowest BCUT2D eigenvalue weighted by molar-refractivity contribution is -0.147. The van der Waals surface area contributed by atoms with Gasteiger partial charge in [-0.3, -0.25) is 33.8 Å². The Bertz CT molecular complexity index is 1460. The maximum atomic E-state index is 13.8. The SMILES string of the molecule is CCC(C)C(NC(=O)C1CCCCN1C)C(=O)NC(CC(OC(C)=O)c1nc(C(=O)N2C(=O)C(C)CC2Cc2ccccc2)cs1)C(C)C. The smallest absolute Gasteiger partial charge is 0.303 e. The molecule has 49 heavy (non-hydrogen) atoms. The van der Waals surface area contributed by atoms with Crippen LogP contribution in [0.1, 0.15) is 107 Å².